The molecule has 0 spiro atoms. The van der Waals surface area contributed by atoms with E-state index in [0.717, 1.165) is 0 Å². The second kappa shape index (κ2) is 7.59. The van der Waals surface area contributed by atoms with Crippen LogP contribution >= 0.6 is 0 Å². The maximum Gasteiger partial charge on any atom is 0.345 e. The van der Waals surface area contributed by atoms with Crippen molar-refractivity contribution in [2.24, 2.45) is 0 Å². The highest BCUT2D eigenvalue weighted by atomic mass is 16.6. The summed E-state index contributed by atoms with van der Waals surface area (Å²) in [5.74, 6) is -1.83. The summed E-state index contributed by atoms with van der Waals surface area (Å²) in [5, 5.41) is 11.1. The third-order valence-electron chi connectivity index (χ3n) is 2.32. The number of hydrogen-bond acceptors (Lipinski definition) is 6. The van der Waals surface area contributed by atoms with E-state index in [2.05, 4.69) is 13.2 Å². The summed E-state index contributed by atoms with van der Waals surface area (Å²) in [7, 11) is 0. The molecule has 0 saturated heterocycles. The molecular formula is C14H13NO6. The van der Waals surface area contributed by atoms with Crippen molar-refractivity contribution in [3.05, 3.63) is 64.8 Å². The summed E-state index contributed by atoms with van der Waals surface area (Å²) >= 11 is 0. The number of esters is 2. The predicted molar refractivity (Wildman–Crippen MR) is 74.1 cm³/mol. The summed E-state index contributed by atoms with van der Waals surface area (Å²) in [5.41, 5.74) is -1.30. The summed E-state index contributed by atoms with van der Waals surface area (Å²) in [6, 6.07) is 3.74. The van der Waals surface area contributed by atoms with Crippen LogP contribution in [0.1, 0.15) is 20.7 Å². The van der Waals surface area contributed by atoms with E-state index < -0.39 is 22.5 Å². The molecule has 0 amide bonds. The summed E-state index contributed by atoms with van der Waals surface area (Å²) in [6.07, 6.45) is 2.65. The molecule has 1 aromatic rings. The van der Waals surface area contributed by atoms with Gasteiger partial charge in [-0.15, -0.1) is 0 Å². The normalized spacial score (nSPS) is 9.52. The van der Waals surface area contributed by atoms with Crippen molar-refractivity contribution in [3.8, 4) is 0 Å². The molecule has 7 nitrogen and oxygen atoms in total. The van der Waals surface area contributed by atoms with Crippen molar-refractivity contribution in [1.82, 2.24) is 0 Å². The molecule has 0 radical (unpaired) electrons. The number of para-hydroxylation sites is 1. The van der Waals surface area contributed by atoms with E-state index >= 15 is 0 Å². The molecule has 0 N–H and O–H groups in total. The summed E-state index contributed by atoms with van der Waals surface area (Å²) in [4.78, 5) is 33.9. The molecule has 7 heteroatoms. The first kappa shape index (κ1) is 16.1. The molecule has 0 heterocycles. The fourth-order valence-corrected chi connectivity index (χ4v) is 1.49. The third kappa shape index (κ3) is 4.00. The highest BCUT2D eigenvalue weighted by Crippen LogP contribution is 2.25. The Hall–Kier alpha value is -2.96. The van der Waals surface area contributed by atoms with Crippen molar-refractivity contribution in [1.29, 1.82) is 0 Å². The van der Waals surface area contributed by atoms with Gasteiger partial charge in [-0.25, -0.2) is 9.59 Å². The van der Waals surface area contributed by atoms with Gasteiger partial charge in [-0.05, 0) is 12.1 Å². The predicted octanol–water partition coefficient (Wildman–Crippen LogP) is 2.28. The molecule has 110 valence electrons. The Morgan fingerprint density at radius 3 is 1.86 bits per heavy atom. The first-order valence-electron chi connectivity index (χ1n) is 5.86. The number of rotatable bonds is 7. The maximum atomic E-state index is 11.8. The largest absolute Gasteiger partial charge is 0.458 e. The van der Waals surface area contributed by atoms with Gasteiger partial charge in [0.25, 0.3) is 5.69 Å². The van der Waals surface area contributed by atoms with E-state index in [4.69, 9.17) is 9.47 Å². The van der Waals surface area contributed by atoms with Gasteiger partial charge in [-0.2, -0.15) is 0 Å². The highest BCUT2D eigenvalue weighted by molar-refractivity contribution is 6.02. The van der Waals surface area contributed by atoms with Crippen molar-refractivity contribution >= 4 is 17.6 Å². The van der Waals surface area contributed by atoms with Crippen LogP contribution in [0.3, 0.4) is 0 Å². The Bertz CT molecular complexity index is 551. The zero-order valence-electron chi connectivity index (χ0n) is 11.1. The molecule has 0 atom stereocenters. The number of carbonyl (C=O) groups is 2. The van der Waals surface area contributed by atoms with Crippen LogP contribution in [0.5, 0.6) is 0 Å². The first-order chi connectivity index (χ1) is 10.0. The van der Waals surface area contributed by atoms with E-state index in [0.29, 0.717) is 0 Å². The van der Waals surface area contributed by atoms with E-state index in [9.17, 15) is 19.7 Å². The van der Waals surface area contributed by atoms with E-state index in [-0.39, 0.29) is 24.3 Å². The average molecular weight is 291 g/mol. The SMILES string of the molecule is C=CCOC(=O)c1cccc(C(=O)OCC=C)c1[N+](=O)[O-]. The average Bonchev–Trinajstić information content (AvgIpc) is 2.49. The molecule has 0 fully saturated rings. The van der Waals surface area contributed by atoms with Crippen molar-refractivity contribution in [2.75, 3.05) is 13.2 Å². The van der Waals surface area contributed by atoms with Gasteiger partial charge in [0, 0.05) is 0 Å². The van der Waals surface area contributed by atoms with Gasteiger partial charge in [0.15, 0.2) is 0 Å². The van der Waals surface area contributed by atoms with Crippen LogP contribution in [0, 0.1) is 10.1 Å². The Morgan fingerprint density at radius 2 is 1.52 bits per heavy atom. The second-order valence-corrected chi connectivity index (χ2v) is 3.73. The maximum absolute atomic E-state index is 11.8. The lowest BCUT2D eigenvalue weighted by atomic mass is 10.1. The smallest absolute Gasteiger partial charge is 0.345 e. The molecule has 1 aromatic carbocycles. The number of nitro benzene ring substituents is 1. The van der Waals surface area contributed by atoms with Gasteiger partial charge in [-0.1, -0.05) is 31.4 Å². The first-order valence-corrected chi connectivity index (χ1v) is 5.86. The third-order valence-corrected chi connectivity index (χ3v) is 2.32. The lowest BCUT2D eigenvalue weighted by Gasteiger charge is -2.07. The number of benzene rings is 1. The van der Waals surface area contributed by atoms with Crippen LogP contribution in [0.4, 0.5) is 5.69 Å². The zero-order valence-corrected chi connectivity index (χ0v) is 11.1. The molecule has 0 aliphatic heterocycles. The van der Waals surface area contributed by atoms with Gasteiger partial charge < -0.3 is 9.47 Å². The lowest BCUT2D eigenvalue weighted by Crippen LogP contribution is -2.14. The minimum Gasteiger partial charge on any atom is -0.458 e. The second-order valence-electron chi connectivity index (χ2n) is 3.73. The number of nitrogens with zero attached hydrogens (tertiary/aromatic N) is 1. The van der Waals surface area contributed by atoms with Crippen molar-refractivity contribution in [2.45, 2.75) is 0 Å². The van der Waals surface area contributed by atoms with Crippen molar-refractivity contribution in [3.63, 3.8) is 0 Å². The molecular weight excluding hydrogens is 278 g/mol. The summed E-state index contributed by atoms with van der Waals surface area (Å²) < 4.78 is 9.51. The molecule has 0 bridgehead atoms. The Labute approximate surface area is 120 Å². The molecule has 0 aliphatic carbocycles. The Kier molecular flexibility index (Phi) is 5.81. The fraction of sp³-hybridized carbons (Fsp3) is 0.143. The molecule has 21 heavy (non-hydrogen) atoms. The minimum absolute atomic E-state index is 0.0961. The van der Waals surface area contributed by atoms with Gasteiger partial charge in [0.1, 0.15) is 24.3 Å². The lowest BCUT2D eigenvalue weighted by molar-refractivity contribution is -0.385. The van der Waals surface area contributed by atoms with Crippen molar-refractivity contribution < 1.29 is 24.0 Å². The number of carbonyl (C=O) groups excluding carboxylic acids is 2. The summed E-state index contributed by atoms with van der Waals surface area (Å²) in [6.45, 7) is 6.55. The van der Waals surface area contributed by atoms with Crippen LogP contribution in [0.25, 0.3) is 0 Å². The zero-order chi connectivity index (χ0) is 15.8. The molecule has 0 aromatic heterocycles. The van der Waals surface area contributed by atoms with Gasteiger partial charge in [0.2, 0.25) is 0 Å². The van der Waals surface area contributed by atoms with Crippen LogP contribution in [-0.4, -0.2) is 30.1 Å². The van der Waals surface area contributed by atoms with Crippen LogP contribution in [-0.2, 0) is 9.47 Å². The van der Waals surface area contributed by atoms with Crippen LogP contribution in [0.2, 0.25) is 0 Å². The molecule has 1 rings (SSSR count). The number of hydrogen-bond donors (Lipinski definition) is 0. The van der Waals surface area contributed by atoms with E-state index in [1.165, 1.54) is 30.4 Å². The Balaban J connectivity index is 3.24. The van der Waals surface area contributed by atoms with Crippen LogP contribution < -0.4 is 0 Å². The van der Waals surface area contributed by atoms with E-state index in [1.54, 1.807) is 0 Å². The topological polar surface area (TPSA) is 95.7 Å². The molecule has 0 saturated carbocycles. The van der Waals surface area contributed by atoms with Gasteiger partial charge in [0.05, 0.1) is 4.92 Å². The highest BCUT2D eigenvalue weighted by Gasteiger charge is 2.29. The molecule has 0 aliphatic rings. The molecule has 0 unspecified atom stereocenters. The quantitative estimate of drug-likeness (QED) is 0.331. The van der Waals surface area contributed by atoms with E-state index in [1.807, 2.05) is 0 Å². The van der Waals surface area contributed by atoms with Gasteiger partial charge in [-0.3, -0.25) is 10.1 Å². The fourth-order valence-electron chi connectivity index (χ4n) is 1.49. The minimum atomic E-state index is -0.917. The number of nitro groups is 1. The number of ether oxygens (including phenoxy) is 2. The Morgan fingerprint density at radius 1 is 1.10 bits per heavy atom. The van der Waals surface area contributed by atoms with Crippen LogP contribution in [0.15, 0.2) is 43.5 Å². The standard InChI is InChI=1S/C14H13NO6/c1-3-8-20-13(16)10-6-5-7-11(12(10)15(18)19)14(17)21-9-4-2/h3-7H,1-2,8-9H2. The monoisotopic (exact) mass is 291 g/mol. The van der Waals surface area contributed by atoms with Gasteiger partial charge >= 0.3 is 11.9 Å².